The minimum atomic E-state index is -0.0263. The van der Waals surface area contributed by atoms with Gasteiger partial charge in [0.2, 0.25) is 0 Å². The van der Waals surface area contributed by atoms with Crippen molar-refractivity contribution < 1.29 is 14.2 Å². The summed E-state index contributed by atoms with van der Waals surface area (Å²) in [5.41, 5.74) is 3.76. The van der Waals surface area contributed by atoms with Crippen LogP contribution in [0.3, 0.4) is 0 Å². The molecule has 0 aliphatic rings. The topological polar surface area (TPSA) is 65.7 Å². The van der Waals surface area contributed by atoms with Gasteiger partial charge in [0.15, 0.2) is 0 Å². The lowest BCUT2D eigenvalue weighted by Crippen LogP contribution is -2.29. The highest BCUT2D eigenvalue weighted by atomic mass is 16.5. The molecule has 0 aliphatic carbocycles. The van der Waals surface area contributed by atoms with Gasteiger partial charge in [0, 0.05) is 18.8 Å². The second-order valence-electron chi connectivity index (χ2n) is 3.81. The molecule has 0 aliphatic heterocycles. The molecule has 0 radical (unpaired) electrons. The van der Waals surface area contributed by atoms with Gasteiger partial charge in [0.1, 0.15) is 11.5 Å². The highest BCUT2D eigenvalue weighted by Gasteiger charge is 2.15. The Balaban J connectivity index is 2.87. The summed E-state index contributed by atoms with van der Waals surface area (Å²) in [6, 6.07) is 5.63. The standard InChI is InChI=1S/C13H22N2O3/c1-4-18-8-7-12(15-14)11-9-10(16-2)5-6-13(11)17-3/h5-6,9,12,15H,4,7-8,14H2,1-3H3. The fourth-order valence-corrected chi connectivity index (χ4v) is 1.79. The molecule has 1 aromatic rings. The number of hydrazine groups is 1. The molecule has 0 bridgehead atoms. The molecule has 102 valence electrons. The normalized spacial score (nSPS) is 12.2. The van der Waals surface area contributed by atoms with Crippen LogP contribution in [0.2, 0.25) is 0 Å². The quantitative estimate of drug-likeness (QED) is 0.419. The SMILES string of the molecule is CCOCCC(NN)c1cc(OC)ccc1OC. The number of hydrogen-bond acceptors (Lipinski definition) is 5. The molecular weight excluding hydrogens is 232 g/mol. The fraction of sp³-hybridized carbons (Fsp3) is 0.538. The van der Waals surface area contributed by atoms with Gasteiger partial charge in [-0.05, 0) is 31.5 Å². The third-order valence-electron chi connectivity index (χ3n) is 2.77. The molecule has 5 heteroatoms. The van der Waals surface area contributed by atoms with Crippen LogP contribution in [0.25, 0.3) is 0 Å². The summed E-state index contributed by atoms with van der Waals surface area (Å²) in [4.78, 5) is 0. The molecule has 1 unspecified atom stereocenters. The minimum Gasteiger partial charge on any atom is -0.497 e. The third kappa shape index (κ3) is 3.87. The molecule has 0 fully saturated rings. The van der Waals surface area contributed by atoms with E-state index in [1.807, 2.05) is 25.1 Å². The lowest BCUT2D eigenvalue weighted by atomic mass is 10.0. The molecule has 5 nitrogen and oxygen atoms in total. The van der Waals surface area contributed by atoms with E-state index in [9.17, 15) is 0 Å². The van der Waals surface area contributed by atoms with Crippen LogP contribution in [0.4, 0.5) is 0 Å². The highest BCUT2D eigenvalue weighted by Crippen LogP contribution is 2.30. The van der Waals surface area contributed by atoms with Crippen molar-refractivity contribution in [2.45, 2.75) is 19.4 Å². The maximum Gasteiger partial charge on any atom is 0.123 e. The Morgan fingerprint density at radius 3 is 2.61 bits per heavy atom. The van der Waals surface area contributed by atoms with Gasteiger partial charge in [-0.2, -0.15) is 0 Å². The van der Waals surface area contributed by atoms with Gasteiger partial charge in [-0.15, -0.1) is 0 Å². The molecule has 0 heterocycles. The first kappa shape index (κ1) is 14.8. The van der Waals surface area contributed by atoms with Crippen LogP contribution in [-0.2, 0) is 4.74 Å². The highest BCUT2D eigenvalue weighted by molar-refractivity contribution is 5.42. The van der Waals surface area contributed by atoms with Crippen molar-refractivity contribution in [3.63, 3.8) is 0 Å². The van der Waals surface area contributed by atoms with Crippen LogP contribution in [0, 0.1) is 0 Å². The van der Waals surface area contributed by atoms with Crippen LogP contribution in [0.15, 0.2) is 18.2 Å². The lowest BCUT2D eigenvalue weighted by Gasteiger charge is -2.19. The largest absolute Gasteiger partial charge is 0.497 e. The molecule has 0 aromatic heterocycles. The minimum absolute atomic E-state index is 0.0263. The van der Waals surface area contributed by atoms with E-state index in [1.165, 1.54) is 0 Å². The van der Waals surface area contributed by atoms with E-state index in [1.54, 1.807) is 14.2 Å². The van der Waals surface area contributed by atoms with Gasteiger partial charge >= 0.3 is 0 Å². The maximum absolute atomic E-state index is 5.60. The number of nitrogens with two attached hydrogens (primary N) is 1. The maximum atomic E-state index is 5.60. The first-order chi connectivity index (χ1) is 8.76. The van der Waals surface area contributed by atoms with Gasteiger partial charge < -0.3 is 14.2 Å². The Morgan fingerprint density at radius 1 is 1.28 bits per heavy atom. The number of nitrogens with one attached hydrogen (secondary N) is 1. The van der Waals surface area contributed by atoms with E-state index in [0.29, 0.717) is 13.2 Å². The first-order valence-electron chi connectivity index (χ1n) is 6.02. The van der Waals surface area contributed by atoms with Crippen molar-refractivity contribution in [2.75, 3.05) is 27.4 Å². The Labute approximate surface area is 108 Å². The summed E-state index contributed by atoms with van der Waals surface area (Å²) in [6.45, 7) is 3.31. The zero-order chi connectivity index (χ0) is 13.4. The van der Waals surface area contributed by atoms with Crippen molar-refractivity contribution in [3.05, 3.63) is 23.8 Å². The van der Waals surface area contributed by atoms with Crippen LogP contribution < -0.4 is 20.7 Å². The van der Waals surface area contributed by atoms with E-state index in [-0.39, 0.29) is 6.04 Å². The molecule has 1 rings (SSSR count). The number of benzene rings is 1. The molecule has 1 aromatic carbocycles. The summed E-state index contributed by atoms with van der Waals surface area (Å²) in [6.07, 6.45) is 0.772. The fourth-order valence-electron chi connectivity index (χ4n) is 1.79. The second-order valence-corrected chi connectivity index (χ2v) is 3.81. The predicted molar refractivity (Wildman–Crippen MR) is 70.7 cm³/mol. The number of methoxy groups -OCH3 is 2. The molecule has 0 spiro atoms. The molecule has 3 N–H and O–H groups in total. The first-order valence-corrected chi connectivity index (χ1v) is 6.02. The van der Waals surface area contributed by atoms with Gasteiger partial charge in [-0.25, -0.2) is 0 Å². The Bertz CT molecular complexity index is 358. The average Bonchev–Trinajstić information content (AvgIpc) is 2.43. The van der Waals surface area contributed by atoms with E-state index in [4.69, 9.17) is 20.1 Å². The van der Waals surface area contributed by atoms with Gasteiger partial charge in [-0.1, -0.05) is 0 Å². The number of hydrogen-bond donors (Lipinski definition) is 2. The Hall–Kier alpha value is -1.30. The number of ether oxygens (including phenoxy) is 3. The monoisotopic (exact) mass is 254 g/mol. The van der Waals surface area contributed by atoms with Gasteiger partial charge in [-0.3, -0.25) is 11.3 Å². The van der Waals surface area contributed by atoms with Crippen LogP contribution >= 0.6 is 0 Å². The zero-order valence-electron chi connectivity index (χ0n) is 11.2. The second kappa shape index (κ2) is 7.92. The summed E-state index contributed by atoms with van der Waals surface area (Å²) in [5, 5.41) is 0. The van der Waals surface area contributed by atoms with E-state index < -0.39 is 0 Å². The van der Waals surface area contributed by atoms with Gasteiger partial charge in [0.25, 0.3) is 0 Å². The van der Waals surface area contributed by atoms with E-state index in [0.717, 1.165) is 23.5 Å². The zero-order valence-corrected chi connectivity index (χ0v) is 11.2. The summed E-state index contributed by atoms with van der Waals surface area (Å²) in [5.74, 6) is 7.17. The van der Waals surface area contributed by atoms with Gasteiger partial charge in [0.05, 0.1) is 20.3 Å². The third-order valence-corrected chi connectivity index (χ3v) is 2.77. The van der Waals surface area contributed by atoms with Crippen LogP contribution in [0.5, 0.6) is 11.5 Å². The van der Waals surface area contributed by atoms with Crippen LogP contribution in [0.1, 0.15) is 24.9 Å². The smallest absolute Gasteiger partial charge is 0.123 e. The lowest BCUT2D eigenvalue weighted by molar-refractivity contribution is 0.136. The molecular formula is C13H22N2O3. The van der Waals surface area contributed by atoms with E-state index >= 15 is 0 Å². The van der Waals surface area contributed by atoms with Crippen molar-refractivity contribution in [3.8, 4) is 11.5 Å². The molecule has 0 amide bonds. The van der Waals surface area contributed by atoms with Crippen molar-refractivity contribution in [1.29, 1.82) is 0 Å². The molecule has 0 saturated carbocycles. The van der Waals surface area contributed by atoms with E-state index in [2.05, 4.69) is 5.43 Å². The Kier molecular flexibility index (Phi) is 6.49. The van der Waals surface area contributed by atoms with Crippen molar-refractivity contribution in [2.24, 2.45) is 5.84 Å². The average molecular weight is 254 g/mol. The summed E-state index contributed by atoms with van der Waals surface area (Å²) >= 11 is 0. The van der Waals surface area contributed by atoms with Crippen LogP contribution in [-0.4, -0.2) is 27.4 Å². The Morgan fingerprint density at radius 2 is 2.06 bits per heavy atom. The van der Waals surface area contributed by atoms with Crippen molar-refractivity contribution in [1.82, 2.24) is 5.43 Å². The molecule has 0 saturated heterocycles. The predicted octanol–water partition coefficient (Wildman–Crippen LogP) is 1.63. The number of rotatable bonds is 8. The summed E-state index contributed by atoms with van der Waals surface area (Å²) in [7, 11) is 3.28. The summed E-state index contributed by atoms with van der Waals surface area (Å²) < 4.78 is 15.9. The molecule has 1 atom stereocenters. The molecule has 18 heavy (non-hydrogen) atoms. The van der Waals surface area contributed by atoms with Crippen molar-refractivity contribution >= 4 is 0 Å².